The fraction of sp³-hybridized carbons (Fsp3) is 0.217. The zero-order valence-electron chi connectivity index (χ0n) is 17.4. The normalized spacial score (nSPS) is 11.1. The van der Waals surface area contributed by atoms with Gasteiger partial charge in [-0.15, -0.1) is 11.3 Å². The molecule has 0 atom stereocenters. The van der Waals surface area contributed by atoms with Crippen molar-refractivity contribution in [2.45, 2.75) is 25.8 Å². The number of benzene rings is 1. The molecular weight excluding hydrogens is 430 g/mol. The van der Waals surface area contributed by atoms with Crippen LogP contribution in [-0.4, -0.2) is 39.1 Å². The van der Waals surface area contributed by atoms with Gasteiger partial charge in [-0.3, -0.25) is 4.79 Å². The number of esters is 1. The first kappa shape index (κ1) is 21.3. The first-order valence-corrected chi connectivity index (χ1v) is 11.6. The van der Waals surface area contributed by atoms with Crippen molar-refractivity contribution in [3.63, 3.8) is 0 Å². The van der Waals surface area contributed by atoms with Crippen LogP contribution in [0.1, 0.15) is 39.0 Å². The lowest BCUT2D eigenvalue weighted by atomic mass is 10.1. The van der Waals surface area contributed by atoms with Crippen LogP contribution >= 0.6 is 23.1 Å². The standard InChI is InChI=1S/C23H21N3O3S2/c1-4-29-23(28)19-13(2)20(26-14(19)3)17(27)11-30-21-16-10-18(15-8-6-5-7-9-15)31-22(16)25-12-24-21/h5-10,12,26H,4,11H2,1-3H3. The van der Waals surface area contributed by atoms with Gasteiger partial charge in [0.2, 0.25) is 0 Å². The van der Waals surface area contributed by atoms with Gasteiger partial charge in [-0.2, -0.15) is 0 Å². The van der Waals surface area contributed by atoms with Gasteiger partial charge < -0.3 is 9.72 Å². The molecule has 4 aromatic rings. The van der Waals surface area contributed by atoms with Gasteiger partial charge in [0.05, 0.1) is 23.6 Å². The Labute approximate surface area is 188 Å². The molecule has 0 unspecified atom stereocenters. The van der Waals surface area contributed by atoms with E-state index in [0.717, 1.165) is 25.7 Å². The van der Waals surface area contributed by atoms with Crippen LogP contribution in [0.4, 0.5) is 0 Å². The smallest absolute Gasteiger partial charge is 0.340 e. The van der Waals surface area contributed by atoms with Crippen molar-refractivity contribution in [1.82, 2.24) is 15.0 Å². The summed E-state index contributed by atoms with van der Waals surface area (Å²) in [6, 6.07) is 12.2. The fourth-order valence-electron chi connectivity index (χ4n) is 3.44. The molecule has 0 spiro atoms. The van der Waals surface area contributed by atoms with E-state index in [0.29, 0.717) is 22.5 Å². The number of fused-ring (bicyclic) bond motifs is 1. The van der Waals surface area contributed by atoms with E-state index >= 15 is 0 Å². The number of aromatic amines is 1. The number of Topliss-reactive ketones (excluding diaryl/α,β-unsaturated/α-hetero) is 1. The highest BCUT2D eigenvalue weighted by molar-refractivity contribution is 8.00. The van der Waals surface area contributed by atoms with E-state index in [1.54, 1.807) is 32.1 Å². The lowest BCUT2D eigenvalue weighted by Gasteiger charge is -2.03. The van der Waals surface area contributed by atoms with E-state index in [9.17, 15) is 9.59 Å². The SMILES string of the molecule is CCOC(=O)c1c(C)[nH]c(C(=O)CSc2ncnc3sc(-c4ccccc4)cc23)c1C. The molecule has 0 radical (unpaired) electrons. The summed E-state index contributed by atoms with van der Waals surface area (Å²) in [6.45, 7) is 5.58. The van der Waals surface area contributed by atoms with Crippen molar-refractivity contribution in [2.75, 3.05) is 12.4 Å². The Hall–Kier alpha value is -2.97. The maximum Gasteiger partial charge on any atom is 0.340 e. The number of carbonyl (C=O) groups excluding carboxylic acids is 2. The Kier molecular flexibility index (Phi) is 6.20. The molecule has 0 fully saturated rings. The lowest BCUT2D eigenvalue weighted by molar-refractivity contribution is 0.0525. The Balaban J connectivity index is 1.56. The van der Waals surface area contributed by atoms with E-state index in [1.807, 2.05) is 18.2 Å². The van der Waals surface area contributed by atoms with Crippen molar-refractivity contribution in [3.8, 4) is 10.4 Å². The van der Waals surface area contributed by atoms with Gasteiger partial charge >= 0.3 is 5.97 Å². The van der Waals surface area contributed by atoms with Crippen molar-refractivity contribution < 1.29 is 14.3 Å². The summed E-state index contributed by atoms with van der Waals surface area (Å²) in [5.41, 5.74) is 3.26. The van der Waals surface area contributed by atoms with Crippen LogP contribution in [0.3, 0.4) is 0 Å². The van der Waals surface area contributed by atoms with Crippen molar-refractivity contribution >= 4 is 45.1 Å². The van der Waals surface area contributed by atoms with Gasteiger partial charge in [0.15, 0.2) is 5.78 Å². The number of hydrogen-bond acceptors (Lipinski definition) is 7. The van der Waals surface area contributed by atoms with Crippen LogP contribution in [0, 0.1) is 13.8 Å². The molecule has 0 aliphatic rings. The van der Waals surface area contributed by atoms with Gasteiger partial charge in [0.1, 0.15) is 16.2 Å². The van der Waals surface area contributed by atoms with E-state index in [4.69, 9.17) is 4.74 Å². The number of aromatic nitrogens is 3. The van der Waals surface area contributed by atoms with Crippen LogP contribution in [0.5, 0.6) is 0 Å². The minimum atomic E-state index is -0.412. The molecule has 8 heteroatoms. The number of thiophene rings is 1. The summed E-state index contributed by atoms with van der Waals surface area (Å²) >= 11 is 2.98. The fourth-order valence-corrected chi connectivity index (χ4v) is 5.35. The summed E-state index contributed by atoms with van der Waals surface area (Å²) < 4.78 is 5.11. The molecule has 1 aromatic carbocycles. The third-order valence-corrected chi connectivity index (χ3v) is 6.98. The number of hydrogen-bond donors (Lipinski definition) is 1. The number of carbonyl (C=O) groups is 2. The molecule has 3 aromatic heterocycles. The van der Waals surface area contributed by atoms with E-state index < -0.39 is 5.97 Å². The Bertz CT molecular complexity index is 1260. The van der Waals surface area contributed by atoms with Crippen LogP contribution in [0.15, 0.2) is 47.8 Å². The second-order valence-corrected chi connectivity index (χ2v) is 8.93. The zero-order valence-corrected chi connectivity index (χ0v) is 19.0. The summed E-state index contributed by atoms with van der Waals surface area (Å²) in [7, 11) is 0. The van der Waals surface area contributed by atoms with E-state index in [2.05, 4.69) is 33.2 Å². The number of ether oxygens (including phenoxy) is 1. The minimum absolute atomic E-state index is 0.0913. The molecule has 0 amide bonds. The van der Waals surface area contributed by atoms with Gasteiger partial charge in [-0.1, -0.05) is 42.1 Å². The predicted octanol–water partition coefficient (Wildman–Crippen LogP) is 5.45. The number of H-pyrrole nitrogens is 1. The quantitative estimate of drug-likeness (QED) is 0.174. The molecule has 6 nitrogen and oxygen atoms in total. The summed E-state index contributed by atoms with van der Waals surface area (Å²) in [5, 5.41) is 1.71. The van der Waals surface area contributed by atoms with Gasteiger partial charge in [0, 0.05) is 16.0 Å². The predicted molar refractivity (Wildman–Crippen MR) is 124 cm³/mol. The maximum absolute atomic E-state index is 12.9. The van der Waals surface area contributed by atoms with Crippen LogP contribution in [0.25, 0.3) is 20.7 Å². The average Bonchev–Trinajstić information content (AvgIpc) is 3.34. The Morgan fingerprint density at radius 1 is 1.16 bits per heavy atom. The van der Waals surface area contributed by atoms with Gasteiger partial charge in [0.25, 0.3) is 0 Å². The summed E-state index contributed by atoms with van der Waals surface area (Å²) in [5.74, 6) is -0.304. The second kappa shape index (κ2) is 9.03. The molecule has 1 N–H and O–H groups in total. The number of ketones is 1. The number of aryl methyl sites for hydroxylation is 1. The highest BCUT2D eigenvalue weighted by Gasteiger charge is 2.23. The molecule has 0 bridgehead atoms. The first-order chi connectivity index (χ1) is 15.0. The zero-order chi connectivity index (χ0) is 22.0. The maximum atomic E-state index is 12.9. The van der Waals surface area contributed by atoms with Crippen molar-refractivity contribution in [3.05, 3.63) is 65.2 Å². The first-order valence-electron chi connectivity index (χ1n) is 9.81. The monoisotopic (exact) mass is 451 g/mol. The van der Waals surface area contributed by atoms with Crippen molar-refractivity contribution in [2.24, 2.45) is 0 Å². The second-order valence-electron chi connectivity index (χ2n) is 6.93. The van der Waals surface area contributed by atoms with Gasteiger partial charge in [-0.05, 0) is 38.0 Å². The molecule has 0 saturated heterocycles. The number of thioether (sulfide) groups is 1. The molecule has 3 heterocycles. The molecule has 4 rings (SSSR count). The number of nitrogens with zero attached hydrogens (tertiary/aromatic N) is 2. The number of rotatable bonds is 7. The lowest BCUT2D eigenvalue weighted by Crippen LogP contribution is -2.08. The molecule has 0 aliphatic heterocycles. The van der Waals surface area contributed by atoms with Crippen LogP contribution in [-0.2, 0) is 4.74 Å². The minimum Gasteiger partial charge on any atom is -0.462 e. The highest BCUT2D eigenvalue weighted by Crippen LogP contribution is 2.36. The van der Waals surface area contributed by atoms with Crippen molar-refractivity contribution in [1.29, 1.82) is 0 Å². The van der Waals surface area contributed by atoms with Gasteiger partial charge in [-0.25, -0.2) is 14.8 Å². The third-order valence-electron chi connectivity index (χ3n) is 4.89. The molecule has 0 aliphatic carbocycles. The van der Waals surface area contributed by atoms with E-state index in [-0.39, 0.29) is 18.1 Å². The topological polar surface area (TPSA) is 84.9 Å². The highest BCUT2D eigenvalue weighted by atomic mass is 32.2. The molecule has 0 saturated carbocycles. The van der Waals surface area contributed by atoms with Crippen LogP contribution < -0.4 is 0 Å². The summed E-state index contributed by atoms with van der Waals surface area (Å²) in [4.78, 5) is 38.9. The Morgan fingerprint density at radius 3 is 2.68 bits per heavy atom. The molecule has 31 heavy (non-hydrogen) atoms. The van der Waals surface area contributed by atoms with Crippen LogP contribution in [0.2, 0.25) is 0 Å². The number of nitrogens with one attached hydrogen (secondary N) is 1. The summed E-state index contributed by atoms with van der Waals surface area (Å²) in [6.07, 6.45) is 1.53. The largest absolute Gasteiger partial charge is 0.462 e. The molecule has 158 valence electrons. The Morgan fingerprint density at radius 2 is 1.94 bits per heavy atom. The average molecular weight is 452 g/mol. The van der Waals surface area contributed by atoms with E-state index in [1.165, 1.54) is 18.1 Å². The molecular formula is C23H21N3O3S2. The third kappa shape index (κ3) is 4.26.